The van der Waals surface area contributed by atoms with Crippen LogP contribution >= 0.6 is 0 Å². The fourth-order valence-corrected chi connectivity index (χ4v) is 0.679. The number of alkyl carbamates (subject to hydrolysis) is 1. The lowest BCUT2D eigenvalue weighted by Gasteiger charge is -2.11. The Hall–Kier alpha value is -1.30. The molecule has 0 unspecified atom stereocenters. The van der Waals surface area contributed by atoms with E-state index in [1.54, 1.807) is 0 Å². The number of rotatable bonds is 6. The van der Waals surface area contributed by atoms with E-state index in [9.17, 15) is 9.59 Å². The summed E-state index contributed by atoms with van der Waals surface area (Å²) in [6.07, 6.45) is 0.791. The molecule has 0 fully saturated rings. The Labute approximate surface area is 81.9 Å². The number of hydrogen-bond donors (Lipinski definition) is 3. The Bertz CT molecular complexity index is 194. The predicted octanol–water partition coefficient (Wildman–Crippen LogP) is -0.0418. The molecule has 0 aromatic heterocycles. The number of amides is 1. The Morgan fingerprint density at radius 1 is 1.50 bits per heavy atom. The lowest BCUT2D eigenvalue weighted by atomic mass is 10.3. The highest BCUT2D eigenvalue weighted by molar-refractivity contribution is 5.79. The quantitative estimate of drug-likeness (QED) is 0.529. The van der Waals surface area contributed by atoms with Crippen LogP contribution in [0.15, 0.2) is 0 Å². The fraction of sp³-hybridized carbons (Fsp3) is 0.750. The zero-order chi connectivity index (χ0) is 11.0. The van der Waals surface area contributed by atoms with Crippen molar-refractivity contribution in [3.8, 4) is 0 Å². The van der Waals surface area contributed by atoms with Gasteiger partial charge in [-0.1, -0.05) is 13.3 Å². The summed E-state index contributed by atoms with van der Waals surface area (Å²) < 4.78 is 4.64. The molecule has 0 aliphatic rings. The van der Waals surface area contributed by atoms with Gasteiger partial charge in [-0.2, -0.15) is 0 Å². The number of hydrogen-bond acceptors (Lipinski definition) is 4. The average molecular weight is 205 g/mol. The normalized spacial score (nSPS) is 11.9. The molecule has 3 N–H and O–H groups in total. The first-order valence-corrected chi connectivity index (χ1v) is 4.38. The number of nitrogens with one attached hydrogen (secondary N) is 1. The first kappa shape index (κ1) is 12.7. The monoisotopic (exact) mass is 205 g/mol. The van der Waals surface area contributed by atoms with Gasteiger partial charge in [0.15, 0.2) is 6.04 Å². The molecule has 0 aliphatic carbocycles. The smallest absolute Gasteiger partial charge is 0.407 e. The minimum Gasteiger partial charge on any atom is -0.480 e. The molecule has 0 aromatic carbocycles. The summed E-state index contributed by atoms with van der Waals surface area (Å²) in [4.78, 5) is 21.2. The van der Waals surface area contributed by atoms with Crippen LogP contribution in [0.25, 0.3) is 0 Å². The number of aliphatic hydroxyl groups excluding tert-OH is 1. The first-order valence-electron chi connectivity index (χ1n) is 4.38. The summed E-state index contributed by atoms with van der Waals surface area (Å²) in [5, 5.41) is 19.0. The van der Waals surface area contributed by atoms with E-state index in [-0.39, 0.29) is 6.61 Å². The molecule has 1 amide bonds. The van der Waals surface area contributed by atoms with E-state index in [0.29, 0.717) is 0 Å². The van der Waals surface area contributed by atoms with Gasteiger partial charge in [-0.05, 0) is 6.42 Å². The predicted molar refractivity (Wildman–Crippen MR) is 47.9 cm³/mol. The van der Waals surface area contributed by atoms with Crippen molar-refractivity contribution in [2.24, 2.45) is 0 Å². The number of ether oxygens (including phenoxy) is 1. The van der Waals surface area contributed by atoms with Crippen molar-refractivity contribution in [3.63, 3.8) is 0 Å². The van der Waals surface area contributed by atoms with Crippen molar-refractivity contribution in [2.45, 2.75) is 25.8 Å². The molecule has 6 nitrogen and oxygen atoms in total. The zero-order valence-corrected chi connectivity index (χ0v) is 8.02. The Morgan fingerprint density at radius 3 is 2.57 bits per heavy atom. The number of unbranched alkanes of at least 4 members (excludes halogenated alkanes) is 1. The summed E-state index contributed by atoms with van der Waals surface area (Å²) >= 11 is 0. The summed E-state index contributed by atoms with van der Waals surface area (Å²) in [5.41, 5.74) is 0. The van der Waals surface area contributed by atoms with Crippen molar-refractivity contribution in [1.82, 2.24) is 5.32 Å². The number of carboxylic acids is 1. The molecule has 6 heteroatoms. The highest BCUT2D eigenvalue weighted by atomic mass is 16.5. The summed E-state index contributed by atoms with van der Waals surface area (Å²) in [6, 6.07) is -1.30. The summed E-state index contributed by atoms with van der Waals surface area (Å²) in [6.45, 7) is 1.54. The Morgan fingerprint density at radius 2 is 2.14 bits per heavy atom. The number of carbonyl (C=O) groups excluding carboxylic acids is 1. The van der Waals surface area contributed by atoms with Gasteiger partial charge in [0.05, 0.1) is 13.2 Å². The summed E-state index contributed by atoms with van der Waals surface area (Å²) in [5.74, 6) is -1.29. The number of aliphatic hydroxyl groups is 1. The van der Waals surface area contributed by atoms with Crippen LogP contribution in [0, 0.1) is 0 Å². The van der Waals surface area contributed by atoms with Gasteiger partial charge in [0.1, 0.15) is 0 Å². The van der Waals surface area contributed by atoms with Gasteiger partial charge in [-0.3, -0.25) is 0 Å². The average Bonchev–Trinajstić information content (AvgIpc) is 2.14. The third kappa shape index (κ3) is 5.36. The topological polar surface area (TPSA) is 95.9 Å². The van der Waals surface area contributed by atoms with E-state index >= 15 is 0 Å². The minimum atomic E-state index is -1.30. The van der Waals surface area contributed by atoms with Gasteiger partial charge in [0.2, 0.25) is 0 Å². The first-order chi connectivity index (χ1) is 6.61. The van der Waals surface area contributed by atoms with E-state index in [2.05, 4.69) is 4.74 Å². The molecule has 0 saturated carbocycles. The van der Waals surface area contributed by atoms with E-state index in [1.165, 1.54) is 0 Å². The molecule has 0 aliphatic heterocycles. The second-order valence-corrected chi connectivity index (χ2v) is 2.71. The number of carbonyl (C=O) groups is 2. The van der Waals surface area contributed by atoms with Crippen molar-refractivity contribution in [3.05, 3.63) is 0 Å². The highest BCUT2D eigenvalue weighted by Gasteiger charge is 2.18. The van der Waals surface area contributed by atoms with Gasteiger partial charge in [-0.25, -0.2) is 9.59 Å². The number of aliphatic carboxylic acids is 1. The van der Waals surface area contributed by atoms with Crippen LogP contribution < -0.4 is 5.32 Å². The minimum absolute atomic E-state index is 0.250. The second kappa shape index (κ2) is 7.14. The van der Waals surface area contributed by atoms with Crippen LogP contribution in [0.1, 0.15) is 19.8 Å². The summed E-state index contributed by atoms with van der Waals surface area (Å²) in [7, 11) is 0. The molecule has 82 valence electrons. The van der Waals surface area contributed by atoms with Crippen molar-refractivity contribution in [1.29, 1.82) is 0 Å². The second-order valence-electron chi connectivity index (χ2n) is 2.71. The Kier molecular flexibility index (Phi) is 6.47. The molecule has 0 spiro atoms. The lowest BCUT2D eigenvalue weighted by molar-refractivity contribution is -0.140. The molecule has 0 saturated heterocycles. The van der Waals surface area contributed by atoms with Crippen LogP contribution in [0.4, 0.5) is 4.79 Å². The molecule has 14 heavy (non-hydrogen) atoms. The van der Waals surface area contributed by atoms with Crippen LogP contribution in [-0.2, 0) is 9.53 Å². The van der Waals surface area contributed by atoms with E-state index in [1.807, 2.05) is 12.2 Å². The molecule has 0 aromatic rings. The standard InChI is InChI=1S/C8H15NO5/c1-2-3-4-14-8(13)9-6(5-10)7(11)12/h6,10H,2-5H2,1H3,(H,9,13)(H,11,12)/t6-/m1/s1. The van der Waals surface area contributed by atoms with Crippen LogP contribution in [0.5, 0.6) is 0 Å². The Balaban J connectivity index is 3.74. The van der Waals surface area contributed by atoms with Crippen LogP contribution in [0.3, 0.4) is 0 Å². The highest BCUT2D eigenvalue weighted by Crippen LogP contribution is 1.90. The molecule has 1 atom stereocenters. The largest absolute Gasteiger partial charge is 0.480 e. The molecule has 0 heterocycles. The maximum Gasteiger partial charge on any atom is 0.407 e. The van der Waals surface area contributed by atoms with Gasteiger partial charge < -0.3 is 20.3 Å². The van der Waals surface area contributed by atoms with Crippen molar-refractivity contribution < 1.29 is 24.5 Å². The molecule has 0 bridgehead atoms. The molecule has 0 radical (unpaired) electrons. The third-order valence-electron chi connectivity index (χ3n) is 1.50. The van der Waals surface area contributed by atoms with Crippen LogP contribution in [0.2, 0.25) is 0 Å². The van der Waals surface area contributed by atoms with Gasteiger partial charge in [0.25, 0.3) is 0 Å². The molecular weight excluding hydrogens is 190 g/mol. The SMILES string of the molecule is CCCCOC(=O)N[C@H](CO)C(=O)O. The van der Waals surface area contributed by atoms with Gasteiger partial charge in [-0.15, -0.1) is 0 Å². The van der Waals surface area contributed by atoms with Gasteiger partial charge >= 0.3 is 12.1 Å². The zero-order valence-electron chi connectivity index (χ0n) is 8.02. The molecular formula is C8H15NO5. The maximum absolute atomic E-state index is 10.9. The lowest BCUT2D eigenvalue weighted by Crippen LogP contribution is -2.43. The maximum atomic E-state index is 10.9. The molecule has 0 rings (SSSR count). The third-order valence-corrected chi connectivity index (χ3v) is 1.50. The number of carboxylic acid groups (broad SMARTS) is 1. The van der Waals surface area contributed by atoms with E-state index in [4.69, 9.17) is 10.2 Å². The van der Waals surface area contributed by atoms with E-state index < -0.39 is 24.7 Å². The fourth-order valence-electron chi connectivity index (χ4n) is 0.679. The van der Waals surface area contributed by atoms with Crippen LogP contribution in [-0.4, -0.2) is 41.5 Å². The van der Waals surface area contributed by atoms with Crippen molar-refractivity contribution in [2.75, 3.05) is 13.2 Å². The van der Waals surface area contributed by atoms with E-state index in [0.717, 1.165) is 12.8 Å². The van der Waals surface area contributed by atoms with Gasteiger partial charge in [0, 0.05) is 0 Å². The van der Waals surface area contributed by atoms with Crippen molar-refractivity contribution >= 4 is 12.1 Å².